The Labute approximate surface area is 231 Å². The highest BCUT2D eigenvalue weighted by atomic mass is 16.7. The van der Waals surface area contributed by atoms with Crippen LogP contribution in [0.1, 0.15) is 98.5 Å². The number of hydrogen-bond acceptors (Lipinski definition) is 10. The van der Waals surface area contributed by atoms with Gasteiger partial charge in [-0.25, -0.2) is 4.79 Å². The topological polar surface area (TPSA) is 140 Å². The smallest absolute Gasteiger partial charge is 0.458 e. The van der Waals surface area contributed by atoms with E-state index in [2.05, 4.69) is 0 Å². The summed E-state index contributed by atoms with van der Waals surface area (Å²) in [6, 6.07) is 3.67. The molecule has 0 radical (unpaired) electrons. The average Bonchev–Trinajstić information content (AvgIpc) is 2.83. The van der Waals surface area contributed by atoms with E-state index >= 15 is 0 Å². The lowest BCUT2D eigenvalue weighted by atomic mass is 10.1. The second-order valence-corrected chi connectivity index (χ2v) is 10.5. The van der Waals surface area contributed by atoms with Gasteiger partial charge in [0.2, 0.25) is 0 Å². The molecule has 0 fully saturated rings. The minimum absolute atomic E-state index is 0.0730. The summed E-state index contributed by atoms with van der Waals surface area (Å²) in [5.41, 5.74) is 5.94. The van der Waals surface area contributed by atoms with Crippen LogP contribution in [-0.4, -0.2) is 48.4 Å². The average molecular weight is 552 g/mol. The number of nitrogens with two attached hydrogens (primary N) is 1. The summed E-state index contributed by atoms with van der Waals surface area (Å²) in [5, 5.41) is 0. The Morgan fingerprint density at radius 1 is 0.872 bits per heavy atom. The van der Waals surface area contributed by atoms with Gasteiger partial charge in [0.05, 0.1) is 0 Å². The first-order chi connectivity index (χ1) is 18.3. The van der Waals surface area contributed by atoms with E-state index in [9.17, 15) is 19.2 Å². The van der Waals surface area contributed by atoms with E-state index in [4.69, 9.17) is 29.4 Å². The molecule has 0 aromatic heterocycles. The van der Waals surface area contributed by atoms with Gasteiger partial charge in [-0.15, -0.1) is 0 Å². The Hall–Kier alpha value is -3.14. The van der Waals surface area contributed by atoms with Crippen LogP contribution in [0, 0.1) is 0 Å². The molecular weight excluding hydrogens is 506 g/mol. The number of unbranched alkanes of at least 4 members (excludes halogenated alkanes) is 4. The maximum absolute atomic E-state index is 12.5. The van der Waals surface area contributed by atoms with Crippen molar-refractivity contribution in [3.63, 3.8) is 0 Å². The lowest BCUT2D eigenvalue weighted by Gasteiger charge is -2.20. The molecule has 0 heterocycles. The van der Waals surface area contributed by atoms with Gasteiger partial charge in [-0.05, 0) is 64.7 Å². The van der Waals surface area contributed by atoms with Crippen LogP contribution in [0.2, 0.25) is 0 Å². The number of ether oxygens (including phenoxy) is 5. The maximum Gasteiger partial charge on any atom is 0.508 e. The van der Waals surface area contributed by atoms with E-state index in [1.54, 1.807) is 33.8 Å². The minimum Gasteiger partial charge on any atom is -0.458 e. The third-order valence-electron chi connectivity index (χ3n) is 5.33. The summed E-state index contributed by atoms with van der Waals surface area (Å²) in [6.45, 7) is 10.6. The maximum atomic E-state index is 12.5. The van der Waals surface area contributed by atoms with Gasteiger partial charge in [0.25, 0.3) is 0 Å². The van der Waals surface area contributed by atoms with Crippen molar-refractivity contribution in [3.8, 4) is 11.5 Å². The Morgan fingerprint density at radius 2 is 1.44 bits per heavy atom. The standard InChI is InChI=1S/C29H45NO9/c1-7-9-11-13-25(31)37-23-16-15-21(18-24(23)38-26(32)14-12-10-8-2)17-22(30)27(33)36-20(3)19-35-28(34)39-29(4,5)6/h15-16,18,20,22H,7-14,17,19,30H2,1-6H3/t20-,22-/m0/s1. The monoisotopic (exact) mass is 551 g/mol. The first-order valence-electron chi connectivity index (χ1n) is 13.7. The molecule has 10 heteroatoms. The predicted molar refractivity (Wildman–Crippen MR) is 145 cm³/mol. The summed E-state index contributed by atoms with van der Waals surface area (Å²) >= 11 is 0. The highest BCUT2D eigenvalue weighted by Gasteiger charge is 2.23. The number of rotatable bonds is 16. The Morgan fingerprint density at radius 3 is 1.97 bits per heavy atom. The second kappa shape index (κ2) is 17.4. The molecule has 2 N–H and O–H groups in total. The number of esters is 3. The van der Waals surface area contributed by atoms with Crippen molar-refractivity contribution in [2.75, 3.05) is 6.61 Å². The van der Waals surface area contributed by atoms with Crippen LogP contribution >= 0.6 is 0 Å². The van der Waals surface area contributed by atoms with E-state index in [1.807, 2.05) is 13.8 Å². The van der Waals surface area contributed by atoms with E-state index in [0.717, 1.165) is 25.7 Å². The van der Waals surface area contributed by atoms with Crippen molar-refractivity contribution in [1.82, 2.24) is 0 Å². The zero-order chi connectivity index (χ0) is 29.4. The van der Waals surface area contributed by atoms with Gasteiger partial charge in [-0.1, -0.05) is 45.6 Å². The summed E-state index contributed by atoms with van der Waals surface area (Å²) < 4.78 is 26.3. The fourth-order valence-electron chi connectivity index (χ4n) is 3.35. The Bertz CT molecular complexity index is 939. The molecule has 0 aliphatic carbocycles. The van der Waals surface area contributed by atoms with E-state index in [-0.39, 0.29) is 37.4 Å². The molecule has 0 aliphatic heterocycles. The molecule has 220 valence electrons. The Balaban J connectivity index is 2.83. The van der Waals surface area contributed by atoms with Gasteiger partial charge in [-0.2, -0.15) is 0 Å². The number of hydrogen-bond donors (Lipinski definition) is 1. The van der Waals surface area contributed by atoms with E-state index in [1.165, 1.54) is 12.1 Å². The van der Waals surface area contributed by atoms with Crippen molar-refractivity contribution in [3.05, 3.63) is 23.8 Å². The SMILES string of the molecule is CCCCCC(=O)Oc1ccc(C[C@H](N)C(=O)O[C@@H](C)COC(=O)OC(C)(C)C)cc1OC(=O)CCCCC. The van der Waals surface area contributed by atoms with E-state index in [0.29, 0.717) is 18.4 Å². The predicted octanol–water partition coefficient (Wildman–Crippen LogP) is 5.41. The zero-order valence-corrected chi connectivity index (χ0v) is 24.2. The summed E-state index contributed by atoms with van der Waals surface area (Å²) in [4.78, 5) is 48.8. The van der Waals surface area contributed by atoms with E-state index < -0.39 is 41.8 Å². The van der Waals surface area contributed by atoms with Gasteiger partial charge in [0.15, 0.2) is 11.5 Å². The number of carbonyl (C=O) groups excluding carboxylic acids is 4. The van der Waals surface area contributed by atoms with Gasteiger partial charge in [-0.3, -0.25) is 14.4 Å². The molecule has 0 saturated heterocycles. The first kappa shape index (κ1) is 33.9. The third kappa shape index (κ3) is 15.1. The molecule has 39 heavy (non-hydrogen) atoms. The van der Waals surface area contributed by atoms with Crippen LogP contribution in [0.25, 0.3) is 0 Å². The van der Waals surface area contributed by atoms with Crippen LogP contribution in [0.4, 0.5) is 4.79 Å². The van der Waals surface area contributed by atoms with Crippen LogP contribution in [0.5, 0.6) is 11.5 Å². The second-order valence-electron chi connectivity index (χ2n) is 10.5. The number of carbonyl (C=O) groups is 4. The lowest BCUT2D eigenvalue weighted by Crippen LogP contribution is -2.37. The molecular formula is C29H45NO9. The lowest BCUT2D eigenvalue weighted by molar-refractivity contribution is -0.152. The molecule has 10 nitrogen and oxygen atoms in total. The summed E-state index contributed by atoms with van der Waals surface area (Å²) in [5.74, 6) is -1.32. The van der Waals surface area contributed by atoms with Crippen molar-refractivity contribution >= 4 is 24.1 Å². The molecule has 1 aromatic rings. The summed E-state index contributed by atoms with van der Waals surface area (Å²) in [6.07, 6.45) is 4.09. The fourth-order valence-corrected chi connectivity index (χ4v) is 3.35. The van der Waals surface area contributed by atoms with Crippen LogP contribution in [-0.2, 0) is 35.0 Å². The zero-order valence-electron chi connectivity index (χ0n) is 24.2. The molecule has 0 amide bonds. The third-order valence-corrected chi connectivity index (χ3v) is 5.33. The van der Waals surface area contributed by atoms with Crippen LogP contribution < -0.4 is 15.2 Å². The molecule has 1 rings (SSSR count). The quantitative estimate of drug-likeness (QED) is 0.161. The fraction of sp³-hybridized carbons (Fsp3) is 0.655. The van der Waals surface area contributed by atoms with Gasteiger partial charge in [0, 0.05) is 12.8 Å². The van der Waals surface area contributed by atoms with Gasteiger partial charge >= 0.3 is 24.1 Å². The molecule has 0 spiro atoms. The van der Waals surface area contributed by atoms with Crippen molar-refractivity contribution < 1.29 is 42.9 Å². The first-order valence-corrected chi connectivity index (χ1v) is 13.7. The molecule has 2 atom stereocenters. The molecule has 0 aliphatic rings. The Kier molecular flexibility index (Phi) is 15.2. The van der Waals surface area contributed by atoms with Crippen molar-refractivity contribution in [2.45, 2.75) is 117 Å². The number of benzene rings is 1. The highest BCUT2D eigenvalue weighted by molar-refractivity contribution is 5.77. The molecule has 1 aromatic carbocycles. The highest BCUT2D eigenvalue weighted by Crippen LogP contribution is 2.30. The summed E-state index contributed by atoms with van der Waals surface area (Å²) in [7, 11) is 0. The van der Waals surface area contributed by atoms with Crippen LogP contribution in [0.15, 0.2) is 18.2 Å². The van der Waals surface area contributed by atoms with Crippen molar-refractivity contribution in [2.24, 2.45) is 5.73 Å². The largest absolute Gasteiger partial charge is 0.508 e. The molecule has 0 bridgehead atoms. The van der Waals surface area contributed by atoms with Crippen LogP contribution in [0.3, 0.4) is 0 Å². The van der Waals surface area contributed by atoms with Crippen molar-refractivity contribution in [1.29, 1.82) is 0 Å². The van der Waals surface area contributed by atoms with Gasteiger partial charge in [0.1, 0.15) is 24.4 Å². The normalized spacial score (nSPS) is 12.7. The molecule has 0 saturated carbocycles. The minimum atomic E-state index is -1.04. The van der Waals surface area contributed by atoms with Gasteiger partial charge < -0.3 is 29.4 Å². The molecule has 0 unspecified atom stereocenters.